The maximum atomic E-state index is 14.0. The van der Waals surface area contributed by atoms with Gasteiger partial charge < -0.3 is 15.5 Å². The summed E-state index contributed by atoms with van der Waals surface area (Å²) >= 11 is 0. The molecule has 0 spiro atoms. The van der Waals surface area contributed by atoms with Gasteiger partial charge in [0.05, 0.1) is 5.69 Å². The molecule has 1 atom stereocenters. The Balaban J connectivity index is 1.31. The number of carbonyl (C=O) groups excluding carboxylic acids is 3. The fourth-order valence-corrected chi connectivity index (χ4v) is 5.64. The maximum absolute atomic E-state index is 14.0. The van der Waals surface area contributed by atoms with E-state index < -0.39 is 6.04 Å². The first kappa shape index (κ1) is 29.0. The number of nitrogens with one attached hydrogen (secondary N) is 2. The molecule has 1 aliphatic rings. The van der Waals surface area contributed by atoms with Crippen LogP contribution < -0.4 is 10.6 Å². The van der Waals surface area contributed by atoms with E-state index in [9.17, 15) is 14.4 Å². The minimum atomic E-state index is -0.517. The lowest BCUT2D eigenvalue weighted by Crippen LogP contribution is -2.48. The zero-order chi connectivity index (χ0) is 30.5. The monoisotopic (exact) mass is 582 g/mol. The second kappa shape index (κ2) is 13.0. The van der Waals surface area contributed by atoms with Crippen molar-refractivity contribution in [1.82, 2.24) is 9.80 Å². The number of fused-ring (bicyclic) bond motifs is 1. The van der Waals surface area contributed by atoms with Crippen molar-refractivity contribution < 1.29 is 14.4 Å². The zero-order valence-electron chi connectivity index (χ0n) is 24.6. The number of hydrogen-bond donors (Lipinski definition) is 2. The van der Waals surface area contributed by atoms with Crippen molar-refractivity contribution in [3.05, 3.63) is 144 Å². The first-order valence-electron chi connectivity index (χ1n) is 14.8. The summed E-state index contributed by atoms with van der Waals surface area (Å²) in [6, 6.07) is 36.6. The Kier molecular flexibility index (Phi) is 8.59. The summed E-state index contributed by atoms with van der Waals surface area (Å²) in [6.45, 7) is 3.22. The molecule has 0 radical (unpaired) electrons. The summed E-state index contributed by atoms with van der Waals surface area (Å²) in [6.07, 6.45) is 0. The summed E-state index contributed by atoms with van der Waals surface area (Å²) in [5.74, 6) is -0.751. The smallest absolute Gasteiger partial charge is 0.255 e. The Labute approximate surface area is 257 Å². The van der Waals surface area contributed by atoms with Crippen molar-refractivity contribution in [2.24, 2.45) is 0 Å². The van der Waals surface area contributed by atoms with Crippen LogP contribution in [0.2, 0.25) is 0 Å². The standard InChI is InChI=1S/C37H34N4O3/c1-40-20-22-41(23-21-40)34(27-11-4-2-5-12-27)37(44)39-33-19-18-31(25-32(33)35(42)28-13-6-3-7-14-28)38-36(43)30-17-16-26-10-8-9-15-29(26)24-30/h2-19,24-25,34H,20-23H2,1H3,(H,38,43)(H,39,44). The average Bonchev–Trinajstić information content (AvgIpc) is 3.06. The lowest BCUT2D eigenvalue weighted by atomic mass is 9.99. The van der Waals surface area contributed by atoms with Crippen molar-refractivity contribution in [3.63, 3.8) is 0 Å². The van der Waals surface area contributed by atoms with E-state index in [1.165, 1.54) is 0 Å². The highest BCUT2D eigenvalue weighted by atomic mass is 16.2. The van der Waals surface area contributed by atoms with E-state index >= 15 is 0 Å². The van der Waals surface area contributed by atoms with Gasteiger partial charge in [-0.25, -0.2) is 0 Å². The normalized spacial score (nSPS) is 14.6. The molecule has 220 valence electrons. The van der Waals surface area contributed by atoms with Gasteiger partial charge in [0.15, 0.2) is 5.78 Å². The van der Waals surface area contributed by atoms with Crippen LogP contribution in [0.4, 0.5) is 11.4 Å². The molecule has 1 heterocycles. The molecule has 0 saturated carbocycles. The van der Waals surface area contributed by atoms with Crippen molar-refractivity contribution in [1.29, 1.82) is 0 Å². The summed E-state index contributed by atoms with van der Waals surface area (Å²) in [7, 11) is 2.08. The number of benzene rings is 5. The SMILES string of the molecule is CN1CCN(C(C(=O)Nc2ccc(NC(=O)c3ccc4ccccc4c3)cc2C(=O)c2ccccc2)c2ccccc2)CC1. The number of nitrogens with zero attached hydrogens (tertiary/aromatic N) is 2. The predicted molar refractivity (Wildman–Crippen MR) is 175 cm³/mol. The maximum Gasteiger partial charge on any atom is 0.255 e. The highest BCUT2D eigenvalue weighted by molar-refractivity contribution is 6.15. The fourth-order valence-electron chi connectivity index (χ4n) is 5.64. The summed E-state index contributed by atoms with van der Waals surface area (Å²) < 4.78 is 0. The number of piperazine rings is 1. The van der Waals surface area contributed by atoms with Crippen LogP contribution in [0.5, 0.6) is 0 Å². The Hall–Kier alpha value is -5.11. The molecule has 7 nitrogen and oxygen atoms in total. The van der Waals surface area contributed by atoms with Gasteiger partial charge in [-0.15, -0.1) is 0 Å². The Morgan fingerprint density at radius 1 is 0.636 bits per heavy atom. The van der Waals surface area contributed by atoms with E-state index in [4.69, 9.17) is 0 Å². The molecule has 1 unspecified atom stereocenters. The van der Waals surface area contributed by atoms with E-state index in [0.29, 0.717) is 28.1 Å². The number of ketones is 1. The summed E-state index contributed by atoms with van der Waals surface area (Å²) in [4.78, 5) is 45.5. The first-order valence-corrected chi connectivity index (χ1v) is 14.8. The van der Waals surface area contributed by atoms with Gasteiger partial charge in [0.1, 0.15) is 6.04 Å². The largest absolute Gasteiger partial charge is 0.324 e. The van der Waals surface area contributed by atoms with Crippen LogP contribution >= 0.6 is 0 Å². The Morgan fingerprint density at radius 2 is 1.30 bits per heavy atom. The number of hydrogen-bond acceptors (Lipinski definition) is 5. The predicted octanol–water partition coefficient (Wildman–Crippen LogP) is 6.25. The van der Waals surface area contributed by atoms with Crippen LogP contribution in [-0.2, 0) is 4.79 Å². The van der Waals surface area contributed by atoms with Crippen LogP contribution in [0.3, 0.4) is 0 Å². The topological polar surface area (TPSA) is 81.8 Å². The number of rotatable bonds is 8. The molecule has 44 heavy (non-hydrogen) atoms. The van der Waals surface area contributed by atoms with Gasteiger partial charge in [-0.2, -0.15) is 0 Å². The van der Waals surface area contributed by atoms with Gasteiger partial charge in [-0.1, -0.05) is 91.0 Å². The van der Waals surface area contributed by atoms with Crippen LogP contribution in [0, 0.1) is 0 Å². The van der Waals surface area contributed by atoms with Crippen LogP contribution in [0.15, 0.2) is 121 Å². The van der Waals surface area contributed by atoms with Gasteiger partial charge in [0.25, 0.3) is 5.91 Å². The zero-order valence-corrected chi connectivity index (χ0v) is 24.6. The molecule has 7 heteroatoms. The molecule has 5 aromatic rings. The summed E-state index contributed by atoms with van der Waals surface area (Å²) in [5.41, 5.74) is 3.03. The third-order valence-corrected chi connectivity index (χ3v) is 8.09. The highest BCUT2D eigenvalue weighted by Crippen LogP contribution is 2.28. The lowest BCUT2D eigenvalue weighted by molar-refractivity contribution is -0.122. The average molecular weight is 583 g/mol. The number of likely N-dealkylation sites (N-methyl/N-ethyl adjacent to an activating group) is 1. The quantitative estimate of drug-likeness (QED) is 0.212. The molecule has 5 aromatic carbocycles. The van der Waals surface area contributed by atoms with Gasteiger partial charge in [-0.05, 0) is 53.7 Å². The second-order valence-electron chi connectivity index (χ2n) is 11.1. The third-order valence-electron chi connectivity index (χ3n) is 8.09. The molecule has 0 aliphatic carbocycles. The van der Waals surface area contributed by atoms with Gasteiger partial charge >= 0.3 is 0 Å². The number of anilines is 2. The van der Waals surface area contributed by atoms with Crippen LogP contribution in [0.25, 0.3) is 10.8 Å². The molecule has 6 rings (SSSR count). The Morgan fingerprint density at radius 3 is 2.02 bits per heavy atom. The number of carbonyl (C=O) groups is 3. The minimum Gasteiger partial charge on any atom is -0.324 e. The van der Waals surface area contributed by atoms with E-state index in [1.54, 1.807) is 48.5 Å². The molecule has 1 saturated heterocycles. The molecule has 0 bridgehead atoms. The molecule has 0 aromatic heterocycles. The Bertz CT molecular complexity index is 1800. The molecule has 2 N–H and O–H groups in total. The highest BCUT2D eigenvalue weighted by Gasteiger charge is 2.30. The number of amides is 2. The van der Waals surface area contributed by atoms with Crippen molar-refractivity contribution in [2.45, 2.75) is 6.04 Å². The second-order valence-corrected chi connectivity index (χ2v) is 11.1. The van der Waals surface area contributed by atoms with Crippen molar-refractivity contribution in [2.75, 3.05) is 43.9 Å². The van der Waals surface area contributed by atoms with Crippen molar-refractivity contribution in [3.8, 4) is 0 Å². The van der Waals surface area contributed by atoms with Crippen molar-refractivity contribution >= 4 is 39.7 Å². The molecule has 1 fully saturated rings. The van der Waals surface area contributed by atoms with E-state index in [2.05, 4.69) is 27.5 Å². The third kappa shape index (κ3) is 6.44. The molecule has 1 aliphatic heterocycles. The molecule has 2 amide bonds. The molecular weight excluding hydrogens is 548 g/mol. The van der Waals surface area contributed by atoms with Gasteiger partial charge in [0.2, 0.25) is 5.91 Å². The lowest BCUT2D eigenvalue weighted by Gasteiger charge is -2.37. The van der Waals surface area contributed by atoms with Crippen LogP contribution in [-0.4, -0.2) is 60.6 Å². The fraction of sp³-hybridized carbons (Fsp3) is 0.162. The van der Waals surface area contributed by atoms with Crippen LogP contribution in [0.1, 0.15) is 37.9 Å². The van der Waals surface area contributed by atoms with E-state index in [1.807, 2.05) is 72.8 Å². The van der Waals surface area contributed by atoms with Gasteiger partial charge in [0, 0.05) is 48.6 Å². The summed E-state index contributed by atoms with van der Waals surface area (Å²) in [5, 5.41) is 8.02. The van der Waals surface area contributed by atoms with E-state index in [0.717, 1.165) is 42.5 Å². The van der Waals surface area contributed by atoms with Gasteiger partial charge in [-0.3, -0.25) is 19.3 Å². The first-order chi connectivity index (χ1) is 21.5. The molecular formula is C37H34N4O3. The minimum absolute atomic E-state index is 0.212. The van der Waals surface area contributed by atoms with E-state index in [-0.39, 0.29) is 17.6 Å².